The number of benzene rings is 1. The van der Waals surface area contributed by atoms with E-state index in [-0.39, 0.29) is 11.5 Å². The summed E-state index contributed by atoms with van der Waals surface area (Å²) in [6.07, 6.45) is 0. The predicted molar refractivity (Wildman–Crippen MR) is 67.4 cm³/mol. The number of esters is 1. The second-order valence-corrected chi connectivity index (χ2v) is 6.79. The Bertz CT molecular complexity index is 554. The smallest absolute Gasteiger partial charge is 0.302 e. The molecule has 0 saturated carbocycles. The molecule has 0 amide bonds. The van der Waals surface area contributed by atoms with E-state index in [4.69, 9.17) is 15.4 Å². The van der Waals surface area contributed by atoms with Crippen LogP contribution in [0, 0.1) is 6.92 Å². The van der Waals surface area contributed by atoms with Gasteiger partial charge in [0, 0.05) is 27.6 Å². The first kappa shape index (κ1) is 14.5. The summed E-state index contributed by atoms with van der Waals surface area (Å²) in [5, 5.41) is 0. The number of aryl methyl sites for hydroxylation is 1. The van der Waals surface area contributed by atoms with Crippen LogP contribution in [-0.4, -0.2) is 14.4 Å². The molecule has 0 atom stereocenters. The maximum absolute atomic E-state index is 11.2. The zero-order chi connectivity index (χ0) is 13.2. The number of carbonyl (C=O) groups is 1. The van der Waals surface area contributed by atoms with Crippen molar-refractivity contribution in [1.82, 2.24) is 0 Å². The molecule has 0 radical (unpaired) electrons. The van der Waals surface area contributed by atoms with Crippen molar-refractivity contribution in [3.8, 4) is 0 Å². The Kier molecular flexibility index (Phi) is 4.57. The summed E-state index contributed by atoms with van der Waals surface area (Å²) >= 11 is 3.30. The summed E-state index contributed by atoms with van der Waals surface area (Å²) in [6.45, 7) is 3.01. The Morgan fingerprint density at radius 2 is 2.06 bits per heavy atom. The van der Waals surface area contributed by atoms with Crippen LogP contribution in [0.2, 0.25) is 0 Å². The quantitative estimate of drug-likeness (QED) is 0.626. The van der Waals surface area contributed by atoms with Gasteiger partial charge in [-0.05, 0) is 24.6 Å². The normalized spacial score (nSPS) is 11.3. The largest absolute Gasteiger partial charge is 0.461 e. The standard InChI is InChI=1S/C10H10BrClO4S/c1-6-3-9(17(12,14)15)4-8(10(6)11)5-16-7(2)13/h3-4H,5H2,1-2H3. The highest BCUT2D eigenvalue weighted by Crippen LogP contribution is 2.27. The molecule has 0 spiro atoms. The second kappa shape index (κ2) is 5.37. The van der Waals surface area contributed by atoms with Gasteiger partial charge in [-0.3, -0.25) is 4.79 Å². The summed E-state index contributed by atoms with van der Waals surface area (Å²) in [6, 6.07) is 2.83. The molecular weight excluding hydrogens is 332 g/mol. The molecule has 17 heavy (non-hydrogen) atoms. The lowest BCUT2D eigenvalue weighted by molar-refractivity contribution is -0.142. The third-order valence-corrected chi connectivity index (χ3v) is 4.48. The van der Waals surface area contributed by atoms with Crippen LogP contribution < -0.4 is 0 Å². The van der Waals surface area contributed by atoms with Crippen LogP contribution in [-0.2, 0) is 25.2 Å². The van der Waals surface area contributed by atoms with E-state index >= 15 is 0 Å². The van der Waals surface area contributed by atoms with Gasteiger partial charge in [-0.1, -0.05) is 15.9 Å². The first-order valence-corrected chi connectivity index (χ1v) is 7.69. The van der Waals surface area contributed by atoms with Crippen LogP contribution in [0.3, 0.4) is 0 Å². The third kappa shape index (κ3) is 3.97. The van der Waals surface area contributed by atoms with Crippen LogP contribution >= 0.6 is 26.6 Å². The lowest BCUT2D eigenvalue weighted by Crippen LogP contribution is -2.02. The average molecular weight is 342 g/mol. The van der Waals surface area contributed by atoms with Gasteiger partial charge in [0.25, 0.3) is 9.05 Å². The molecule has 7 heteroatoms. The molecule has 0 fully saturated rings. The van der Waals surface area contributed by atoms with Crippen molar-refractivity contribution in [2.45, 2.75) is 25.3 Å². The van der Waals surface area contributed by atoms with Crippen LogP contribution in [0.25, 0.3) is 0 Å². The second-order valence-electron chi connectivity index (χ2n) is 3.43. The van der Waals surface area contributed by atoms with E-state index in [0.29, 0.717) is 15.6 Å². The molecule has 0 aliphatic heterocycles. The van der Waals surface area contributed by atoms with Gasteiger partial charge in [0.15, 0.2) is 0 Å². The Morgan fingerprint density at radius 3 is 2.53 bits per heavy atom. The summed E-state index contributed by atoms with van der Waals surface area (Å²) in [7, 11) is 1.47. The van der Waals surface area contributed by atoms with E-state index in [1.54, 1.807) is 6.92 Å². The van der Waals surface area contributed by atoms with Gasteiger partial charge in [-0.25, -0.2) is 8.42 Å². The highest BCUT2D eigenvalue weighted by atomic mass is 79.9. The molecule has 1 rings (SSSR count). The number of rotatable bonds is 3. The minimum atomic E-state index is -3.79. The Morgan fingerprint density at radius 1 is 1.47 bits per heavy atom. The van der Waals surface area contributed by atoms with Crippen molar-refractivity contribution in [2.75, 3.05) is 0 Å². The zero-order valence-corrected chi connectivity index (χ0v) is 12.3. The molecule has 94 valence electrons. The van der Waals surface area contributed by atoms with Gasteiger partial charge < -0.3 is 4.74 Å². The fourth-order valence-corrected chi connectivity index (χ4v) is 2.44. The number of halogens is 2. The molecule has 1 aromatic carbocycles. The van der Waals surface area contributed by atoms with Gasteiger partial charge >= 0.3 is 5.97 Å². The molecule has 0 saturated heterocycles. The van der Waals surface area contributed by atoms with E-state index in [2.05, 4.69) is 15.9 Å². The molecule has 0 N–H and O–H groups in total. The summed E-state index contributed by atoms with van der Waals surface area (Å²) in [4.78, 5) is 10.7. The highest BCUT2D eigenvalue weighted by molar-refractivity contribution is 9.10. The Labute approximate surface area is 112 Å². The summed E-state index contributed by atoms with van der Waals surface area (Å²) < 4.78 is 28.0. The van der Waals surface area contributed by atoms with E-state index in [1.807, 2.05) is 0 Å². The lowest BCUT2D eigenvalue weighted by Gasteiger charge is -2.09. The number of hydrogen-bond donors (Lipinski definition) is 0. The van der Waals surface area contributed by atoms with Gasteiger partial charge in [0.05, 0.1) is 4.90 Å². The SMILES string of the molecule is CC(=O)OCc1cc(S(=O)(=O)Cl)cc(C)c1Br. The van der Waals surface area contributed by atoms with Gasteiger partial charge in [-0.2, -0.15) is 0 Å². The van der Waals surface area contributed by atoms with Gasteiger partial charge in [-0.15, -0.1) is 0 Å². The van der Waals surface area contributed by atoms with E-state index in [1.165, 1.54) is 19.1 Å². The maximum Gasteiger partial charge on any atom is 0.302 e. The van der Waals surface area contributed by atoms with Crippen molar-refractivity contribution in [3.63, 3.8) is 0 Å². The average Bonchev–Trinajstić information content (AvgIpc) is 2.18. The number of carbonyl (C=O) groups excluding carboxylic acids is 1. The molecule has 4 nitrogen and oxygen atoms in total. The maximum atomic E-state index is 11.2. The van der Waals surface area contributed by atoms with Crippen molar-refractivity contribution in [1.29, 1.82) is 0 Å². The Balaban J connectivity index is 3.21. The number of hydrogen-bond acceptors (Lipinski definition) is 4. The molecule has 0 aromatic heterocycles. The molecule has 1 aromatic rings. The molecule has 0 unspecified atom stereocenters. The fraction of sp³-hybridized carbons (Fsp3) is 0.300. The molecule has 0 heterocycles. The molecular formula is C10H10BrClO4S. The topological polar surface area (TPSA) is 60.4 Å². The summed E-state index contributed by atoms with van der Waals surface area (Å²) in [5.74, 6) is -0.436. The predicted octanol–water partition coefficient (Wildman–Crippen LogP) is 2.75. The summed E-state index contributed by atoms with van der Waals surface area (Å²) in [5.41, 5.74) is 1.26. The molecule has 0 aliphatic rings. The van der Waals surface area contributed by atoms with Gasteiger partial charge in [0.1, 0.15) is 6.61 Å². The minimum absolute atomic E-state index is 0.00297. The Hall–Kier alpha value is -0.590. The third-order valence-electron chi connectivity index (χ3n) is 2.02. The minimum Gasteiger partial charge on any atom is -0.461 e. The lowest BCUT2D eigenvalue weighted by atomic mass is 10.1. The van der Waals surface area contributed by atoms with E-state index < -0.39 is 15.0 Å². The van der Waals surface area contributed by atoms with E-state index in [0.717, 1.165) is 0 Å². The number of ether oxygens (including phenoxy) is 1. The van der Waals surface area contributed by atoms with Crippen LogP contribution in [0.4, 0.5) is 0 Å². The zero-order valence-electron chi connectivity index (χ0n) is 9.16. The van der Waals surface area contributed by atoms with Crippen molar-refractivity contribution in [2.24, 2.45) is 0 Å². The monoisotopic (exact) mass is 340 g/mol. The first-order valence-electron chi connectivity index (χ1n) is 4.59. The first-order chi connectivity index (χ1) is 7.71. The van der Waals surface area contributed by atoms with Crippen molar-refractivity contribution in [3.05, 3.63) is 27.7 Å². The van der Waals surface area contributed by atoms with E-state index in [9.17, 15) is 13.2 Å². The highest BCUT2D eigenvalue weighted by Gasteiger charge is 2.15. The van der Waals surface area contributed by atoms with Crippen LogP contribution in [0.15, 0.2) is 21.5 Å². The molecule has 0 bridgehead atoms. The fourth-order valence-electron chi connectivity index (χ4n) is 1.23. The van der Waals surface area contributed by atoms with Gasteiger partial charge in [0.2, 0.25) is 0 Å². The van der Waals surface area contributed by atoms with Crippen LogP contribution in [0.1, 0.15) is 18.1 Å². The molecule has 0 aliphatic carbocycles. The van der Waals surface area contributed by atoms with Crippen molar-refractivity contribution >= 4 is 41.6 Å². The van der Waals surface area contributed by atoms with Crippen LogP contribution in [0.5, 0.6) is 0 Å². The van der Waals surface area contributed by atoms with Crippen molar-refractivity contribution < 1.29 is 17.9 Å².